The SMILES string of the molecule is O=C(NCc1nccn1-c1cc2cc(C(=O)O)c(=O)[nH]c2cc1[N+](=O)[O-])Nc1ccc(C(=O)O)cc1. The standard InChI is InChI=1S/C22H16N6O8/c29-19-14(21(32)33)7-12-8-16(17(28(35)36)9-15(12)26-19)27-6-5-23-18(27)10-24-22(34)25-13-3-1-11(2-4-13)20(30)31/h1-9H,10H2,(H,26,29)(H,30,31)(H,32,33)(H2,24,25,34). The van der Waals surface area contributed by atoms with E-state index in [0.717, 1.165) is 12.1 Å². The number of imidazole rings is 1. The highest BCUT2D eigenvalue weighted by Gasteiger charge is 2.21. The second kappa shape index (κ2) is 9.38. The van der Waals surface area contributed by atoms with E-state index in [9.17, 15) is 34.4 Å². The summed E-state index contributed by atoms with van der Waals surface area (Å²) in [5, 5.41) is 35.2. The highest BCUT2D eigenvalue weighted by molar-refractivity contribution is 5.94. The van der Waals surface area contributed by atoms with E-state index in [0.29, 0.717) is 5.69 Å². The van der Waals surface area contributed by atoms with E-state index in [1.54, 1.807) is 0 Å². The molecule has 0 aliphatic carbocycles. The summed E-state index contributed by atoms with van der Waals surface area (Å²) < 4.78 is 1.35. The predicted molar refractivity (Wildman–Crippen MR) is 125 cm³/mol. The molecule has 0 spiro atoms. The fourth-order valence-corrected chi connectivity index (χ4v) is 3.44. The van der Waals surface area contributed by atoms with E-state index in [-0.39, 0.29) is 40.2 Å². The number of aromatic carboxylic acids is 2. The lowest BCUT2D eigenvalue weighted by Crippen LogP contribution is -2.29. The third-order valence-corrected chi connectivity index (χ3v) is 5.14. The van der Waals surface area contributed by atoms with Gasteiger partial charge in [-0.1, -0.05) is 0 Å². The molecule has 2 amide bonds. The number of hydrogen-bond acceptors (Lipinski definition) is 7. The molecule has 0 fully saturated rings. The van der Waals surface area contributed by atoms with Crippen molar-refractivity contribution in [3.05, 3.63) is 92.3 Å². The van der Waals surface area contributed by atoms with Gasteiger partial charge in [0.1, 0.15) is 17.1 Å². The number of carbonyl (C=O) groups excluding carboxylic acids is 1. The summed E-state index contributed by atoms with van der Waals surface area (Å²) in [7, 11) is 0. The largest absolute Gasteiger partial charge is 0.478 e. The first-order valence-electron chi connectivity index (χ1n) is 10.1. The molecular weight excluding hydrogens is 476 g/mol. The van der Waals surface area contributed by atoms with Crippen molar-refractivity contribution in [2.45, 2.75) is 6.54 Å². The molecular formula is C22H16N6O8. The number of carboxylic acids is 2. The van der Waals surface area contributed by atoms with Gasteiger partial charge in [-0.25, -0.2) is 19.4 Å². The number of rotatable bonds is 7. The highest BCUT2D eigenvalue weighted by atomic mass is 16.6. The molecule has 182 valence electrons. The number of pyridine rings is 1. The van der Waals surface area contributed by atoms with Crippen LogP contribution in [0.4, 0.5) is 16.2 Å². The lowest BCUT2D eigenvalue weighted by molar-refractivity contribution is -0.384. The first-order valence-corrected chi connectivity index (χ1v) is 10.1. The molecule has 14 heteroatoms. The van der Waals surface area contributed by atoms with Gasteiger partial charge in [0.25, 0.3) is 11.2 Å². The maximum atomic E-state index is 12.3. The van der Waals surface area contributed by atoms with E-state index in [1.807, 2.05) is 0 Å². The minimum absolute atomic E-state index is 0.0369. The van der Waals surface area contributed by atoms with Gasteiger partial charge in [0.2, 0.25) is 0 Å². The Balaban J connectivity index is 1.61. The molecule has 14 nitrogen and oxygen atoms in total. The van der Waals surface area contributed by atoms with Gasteiger partial charge >= 0.3 is 18.0 Å². The number of anilines is 1. The Morgan fingerprint density at radius 2 is 1.81 bits per heavy atom. The molecule has 36 heavy (non-hydrogen) atoms. The van der Waals surface area contributed by atoms with Crippen LogP contribution in [0.5, 0.6) is 0 Å². The molecule has 0 aliphatic rings. The number of benzene rings is 2. The maximum absolute atomic E-state index is 12.3. The van der Waals surface area contributed by atoms with Gasteiger partial charge in [0.15, 0.2) is 0 Å². The van der Waals surface area contributed by atoms with E-state index < -0.39 is 34.0 Å². The number of urea groups is 1. The number of carboxylic acid groups (broad SMARTS) is 2. The molecule has 4 rings (SSSR count). The Hall–Kier alpha value is -5.53. The number of aromatic amines is 1. The normalized spacial score (nSPS) is 10.7. The number of nitrogens with one attached hydrogen (secondary N) is 3. The van der Waals surface area contributed by atoms with Gasteiger partial charge in [-0.05, 0) is 36.4 Å². The molecule has 0 unspecified atom stereocenters. The summed E-state index contributed by atoms with van der Waals surface area (Å²) in [6, 6.07) is 8.41. The molecule has 2 aromatic heterocycles. The van der Waals surface area contributed by atoms with Crippen LogP contribution in [-0.4, -0.2) is 47.6 Å². The molecule has 2 aromatic carbocycles. The van der Waals surface area contributed by atoms with Gasteiger partial charge in [-0.15, -0.1) is 0 Å². The number of nitrogens with zero attached hydrogens (tertiary/aromatic N) is 3. The van der Waals surface area contributed by atoms with Crippen LogP contribution in [0.15, 0.2) is 59.7 Å². The van der Waals surface area contributed by atoms with Crippen LogP contribution in [-0.2, 0) is 6.54 Å². The fourth-order valence-electron chi connectivity index (χ4n) is 3.44. The second-order valence-electron chi connectivity index (χ2n) is 7.41. The van der Waals surface area contributed by atoms with E-state index >= 15 is 0 Å². The van der Waals surface area contributed by atoms with Gasteiger partial charge < -0.3 is 25.8 Å². The third kappa shape index (κ3) is 4.72. The van der Waals surface area contributed by atoms with Crippen molar-refractivity contribution in [1.29, 1.82) is 0 Å². The molecule has 0 saturated heterocycles. The van der Waals surface area contributed by atoms with Crippen LogP contribution in [0.1, 0.15) is 26.5 Å². The van der Waals surface area contributed by atoms with Crippen LogP contribution in [0, 0.1) is 10.1 Å². The zero-order chi connectivity index (χ0) is 26.0. The quantitative estimate of drug-likeness (QED) is 0.189. The molecule has 5 N–H and O–H groups in total. The van der Waals surface area contributed by atoms with Crippen LogP contribution >= 0.6 is 0 Å². The van der Waals surface area contributed by atoms with Crippen LogP contribution in [0.2, 0.25) is 0 Å². The summed E-state index contributed by atoms with van der Waals surface area (Å²) in [6.07, 6.45) is 2.79. The van der Waals surface area contributed by atoms with Crippen molar-refractivity contribution in [1.82, 2.24) is 19.9 Å². The van der Waals surface area contributed by atoms with Crippen molar-refractivity contribution >= 4 is 40.2 Å². The van der Waals surface area contributed by atoms with Gasteiger partial charge in [0.05, 0.1) is 22.5 Å². The topological polar surface area (TPSA) is 210 Å². The highest BCUT2D eigenvalue weighted by Crippen LogP contribution is 2.29. The molecule has 0 radical (unpaired) electrons. The monoisotopic (exact) mass is 492 g/mol. The predicted octanol–water partition coefficient (Wildman–Crippen LogP) is 2.34. The smallest absolute Gasteiger partial charge is 0.341 e. The average Bonchev–Trinajstić information content (AvgIpc) is 3.30. The molecule has 0 saturated carbocycles. The number of carbonyl (C=O) groups is 3. The molecule has 4 aromatic rings. The van der Waals surface area contributed by atoms with Gasteiger partial charge in [-0.3, -0.25) is 19.5 Å². The molecule has 2 heterocycles. The lowest BCUT2D eigenvalue weighted by Gasteiger charge is -2.12. The average molecular weight is 492 g/mol. The van der Waals surface area contributed by atoms with Gasteiger partial charge in [0, 0.05) is 29.5 Å². The van der Waals surface area contributed by atoms with Crippen molar-refractivity contribution in [3.8, 4) is 5.69 Å². The molecule has 0 aliphatic heterocycles. The Labute approximate surface area is 200 Å². The number of amides is 2. The van der Waals surface area contributed by atoms with E-state index in [4.69, 9.17) is 5.11 Å². The summed E-state index contributed by atoms with van der Waals surface area (Å²) in [4.78, 5) is 64.0. The third-order valence-electron chi connectivity index (χ3n) is 5.14. The van der Waals surface area contributed by atoms with Crippen molar-refractivity contribution in [2.24, 2.45) is 0 Å². The van der Waals surface area contributed by atoms with Crippen molar-refractivity contribution in [3.63, 3.8) is 0 Å². The fraction of sp³-hybridized carbons (Fsp3) is 0.0455. The number of fused-ring (bicyclic) bond motifs is 1. The number of nitro groups is 1. The molecule has 0 atom stereocenters. The molecule has 0 bridgehead atoms. The van der Waals surface area contributed by atoms with Crippen LogP contribution in [0.3, 0.4) is 0 Å². The van der Waals surface area contributed by atoms with Crippen molar-refractivity contribution in [2.75, 3.05) is 5.32 Å². The van der Waals surface area contributed by atoms with E-state index in [2.05, 4.69) is 20.6 Å². The first-order chi connectivity index (χ1) is 17.1. The summed E-state index contributed by atoms with van der Waals surface area (Å²) in [5.41, 5.74) is -1.29. The van der Waals surface area contributed by atoms with Gasteiger partial charge in [-0.2, -0.15) is 0 Å². The summed E-state index contributed by atoms with van der Waals surface area (Å²) in [6.45, 7) is -0.146. The second-order valence-corrected chi connectivity index (χ2v) is 7.41. The summed E-state index contributed by atoms with van der Waals surface area (Å²) >= 11 is 0. The van der Waals surface area contributed by atoms with E-state index in [1.165, 1.54) is 47.3 Å². The van der Waals surface area contributed by atoms with Crippen LogP contribution in [0.25, 0.3) is 16.6 Å². The summed E-state index contributed by atoms with van der Waals surface area (Å²) in [5.74, 6) is -2.34. The Morgan fingerprint density at radius 3 is 2.44 bits per heavy atom. The number of aromatic nitrogens is 3. The number of hydrogen-bond donors (Lipinski definition) is 5. The Morgan fingerprint density at radius 1 is 1.08 bits per heavy atom. The minimum atomic E-state index is -1.45. The maximum Gasteiger partial charge on any atom is 0.341 e. The Kier molecular flexibility index (Phi) is 6.15. The zero-order valence-corrected chi connectivity index (χ0v) is 18.1. The first kappa shape index (κ1) is 23.6. The van der Waals surface area contributed by atoms with Crippen molar-refractivity contribution < 1.29 is 29.5 Å². The van der Waals surface area contributed by atoms with Crippen LogP contribution < -0.4 is 16.2 Å². The Bertz CT molecular complexity index is 1590. The zero-order valence-electron chi connectivity index (χ0n) is 18.1. The number of nitro benzene ring substituents is 1. The lowest BCUT2D eigenvalue weighted by atomic mass is 10.1. The number of H-pyrrole nitrogens is 1. The minimum Gasteiger partial charge on any atom is -0.478 e.